The number of nitrogens with zero attached hydrogens (tertiary/aromatic N) is 2. The lowest BCUT2D eigenvalue weighted by Crippen LogP contribution is -2.28. The summed E-state index contributed by atoms with van der Waals surface area (Å²) in [4.78, 5) is 4.31. The molecule has 1 heterocycles. The lowest BCUT2D eigenvalue weighted by Gasteiger charge is -2.16. The van der Waals surface area contributed by atoms with Crippen LogP contribution in [0.25, 0.3) is 11.4 Å². The molecule has 2 aromatic rings. The molecule has 0 saturated heterocycles. The van der Waals surface area contributed by atoms with E-state index in [4.69, 9.17) is 21.9 Å². The first-order valence-corrected chi connectivity index (χ1v) is 11.2. The Hall–Kier alpha value is -1.97. The highest BCUT2D eigenvalue weighted by Crippen LogP contribution is 2.33. The van der Waals surface area contributed by atoms with Crippen molar-refractivity contribution >= 4 is 27.3 Å². The number of rotatable bonds is 6. The Morgan fingerprint density at radius 2 is 2.04 bits per heavy atom. The Morgan fingerprint density at radius 3 is 2.64 bits per heavy atom. The van der Waals surface area contributed by atoms with Crippen molar-refractivity contribution in [3.63, 3.8) is 0 Å². The van der Waals surface area contributed by atoms with Gasteiger partial charge in [0, 0.05) is 11.3 Å². The minimum Gasteiger partial charge on any atom is -0.339 e. The second-order valence-electron chi connectivity index (χ2n) is 7.00. The van der Waals surface area contributed by atoms with Crippen molar-refractivity contribution in [3.8, 4) is 11.4 Å². The average molecular weight is 429 g/mol. The number of nitrogens with two attached hydrogens (primary N) is 1. The summed E-state index contributed by atoms with van der Waals surface area (Å²) in [5.41, 5.74) is 7.64. The van der Waals surface area contributed by atoms with Gasteiger partial charge in [-0.1, -0.05) is 23.7 Å². The van der Waals surface area contributed by atoms with Gasteiger partial charge in [0.25, 0.3) is 0 Å². The number of halogens is 2. The first kappa shape index (κ1) is 20.8. The zero-order valence-electron chi connectivity index (χ0n) is 15.6. The highest BCUT2D eigenvalue weighted by molar-refractivity contribution is 7.92. The molecule has 1 aliphatic rings. The second-order valence-corrected chi connectivity index (χ2v) is 9.15. The van der Waals surface area contributed by atoms with Gasteiger partial charge in [0.05, 0.1) is 23.2 Å². The molecule has 1 aromatic carbocycles. The molecule has 0 radical (unpaired) electrons. The molecule has 0 amide bonds. The van der Waals surface area contributed by atoms with Gasteiger partial charge in [-0.2, -0.15) is 4.98 Å². The van der Waals surface area contributed by atoms with Gasteiger partial charge in [-0.15, -0.1) is 0 Å². The predicted molar refractivity (Wildman–Crippen MR) is 106 cm³/mol. The molecular weight excluding hydrogens is 407 g/mol. The summed E-state index contributed by atoms with van der Waals surface area (Å²) in [6.45, 7) is 1.73. The molecule has 1 saturated carbocycles. The van der Waals surface area contributed by atoms with Crippen molar-refractivity contribution in [2.45, 2.75) is 44.6 Å². The van der Waals surface area contributed by atoms with E-state index in [1.807, 2.05) is 0 Å². The lowest BCUT2D eigenvalue weighted by atomic mass is 9.98. The summed E-state index contributed by atoms with van der Waals surface area (Å²) in [6, 6.07) is 3.72. The fraction of sp³-hybridized carbons (Fsp3) is 0.444. The summed E-state index contributed by atoms with van der Waals surface area (Å²) in [6.07, 6.45) is 4.50. The molecule has 1 fully saturated rings. The SMILES string of the molecule is CC(c1nc(-c2ccc(NS(C)(=O)=O)cc2Cl)no1)[C@H](N)C(F)=C1CCCC1. The van der Waals surface area contributed by atoms with Crippen molar-refractivity contribution in [3.05, 3.63) is 40.5 Å². The van der Waals surface area contributed by atoms with E-state index in [1.54, 1.807) is 13.0 Å². The van der Waals surface area contributed by atoms with E-state index in [1.165, 1.54) is 12.1 Å². The van der Waals surface area contributed by atoms with Gasteiger partial charge in [0.2, 0.25) is 21.7 Å². The molecule has 0 aliphatic heterocycles. The molecule has 0 bridgehead atoms. The maximum absolute atomic E-state index is 14.6. The smallest absolute Gasteiger partial charge is 0.231 e. The van der Waals surface area contributed by atoms with E-state index in [9.17, 15) is 12.8 Å². The first-order valence-electron chi connectivity index (χ1n) is 8.90. The van der Waals surface area contributed by atoms with Crippen molar-refractivity contribution in [1.82, 2.24) is 10.1 Å². The third-order valence-electron chi connectivity index (χ3n) is 4.72. The highest BCUT2D eigenvalue weighted by Gasteiger charge is 2.28. The van der Waals surface area contributed by atoms with Gasteiger partial charge in [0.1, 0.15) is 5.83 Å². The summed E-state index contributed by atoms with van der Waals surface area (Å²) in [5, 5.41) is 4.16. The van der Waals surface area contributed by atoms with Gasteiger partial charge >= 0.3 is 0 Å². The molecule has 152 valence electrons. The molecule has 28 heavy (non-hydrogen) atoms. The number of aromatic nitrogens is 2. The van der Waals surface area contributed by atoms with Crippen LogP contribution < -0.4 is 10.5 Å². The average Bonchev–Trinajstić information content (AvgIpc) is 3.30. The molecular formula is C18H22ClFN4O3S. The Balaban J connectivity index is 1.81. The molecule has 3 rings (SSSR count). The van der Waals surface area contributed by atoms with Gasteiger partial charge in [-0.25, -0.2) is 12.8 Å². The number of benzene rings is 1. The van der Waals surface area contributed by atoms with E-state index in [0.717, 1.165) is 37.5 Å². The van der Waals surface area contributed by atoms with Crippen LogP contribution in [0.5, 0.6) is 0 Å². The van der Waals surface area contributed by atoms with E-state index in [2.05, 4.69) is 14.9 Å². The predicted octanol–water partition coefficient (Wildman–Crippen LogP) is 3.99. The molecule has 1 unspecified atom stereocenters. The Labute approximate surface area is 168 Å². The van der Waals surface area contributed by atoms with E-state index in [0.29, 0.717) is 11.3 Å². The third kappa shape index (κ3) is 4.71. The topological polar surface area (TPSA) is 111 Å². The van der Waals surface area contributed by atoms with Crippen LogP contribution in [0, 0.1) is 0 Å². The fourth-order valence-electron chi connectivity index (χ4n) is 3.15. The zero-order chi connectivity index (χ0) is 20.5. The van der Waals surface area contributed by atoms with Crippen LogP contribution in [0.3, 0.4) is 0 Å². The van der Waals surface area contributed by atoms with E-state index < -0.39 is 22.0 Å². The number of anilines is 1. The minimum absolute atomic E-state index is 0.214. The molecule has 7 nitrogen and oxygen atoms in total. The normalized spacial score (nSPS) is 16.8. The molecule has 1 aliphatic carbocycles. The first-order chi connectivity index (χ1) is 13.2. The Kier molecular flexibility index (Phi) is 6.07. The number of nitrogens with one attached hydrogen (secondary N) is 1. The van der Waals surface area contributed by atoms with E-state index in [-0.39, 0.29) is 22.6 Å². The van der Waals surface area contributed by atoms with Crippen LogP contribution in [0.2, 0.25) is 5.02 Å². The van der Waals surface area contributed by atoms with Crippen LogP contribution in [0.4, 0.5) is 10.1 Å². The molecule has 0 spiro atoms. The summed E-state index contributed by atoms with van der Waals surface area (Å²) < 4.78 is 44.9. The van der Waals surface area contributed by atoms with Crippen LogP contribution >= 0.6 is 11.6 Å². The summed E-state index contributed by atoms with van der Waals surface area (Å²) in [7, 11) is -3.42. The zero-order valence-corrected chi connectivity index (χ0v) is 17.1. The van der Waals surface area contributed by atoms with Crippen LogP contribution in [-0.4, -0.2) is 30.9 Å². The van der Waals surface area contributed by atoms with Gasteiger partial charge in [0.15, 0.2) is 0 Å². The van der Waals surface area contributed by atoms with Crippen molar-refractivity contribution in [1.29, 1.82) is 0 Å². The molecule has 3 N–H and O–H groups in total. The number of allylic oxidation sites excluding steroid dienone is 1. The van der Waals surface area contributed by atoms with Crippen LogP contribution in [0.15, 0.2) is 34.1 Å². The number of sulfonamides is 1. The Bertz CT molecular complexity index is 998. The largest absolute Gasteiger partial charge is 0.339 e. The molecule has 2 atom stereocenters. The maximum Gasteiger partial charge on any atom is 0.231 e. The van der Waals surface area contributed by atoms with Crippen molar-refractivity contribution < 1.29 is 17.3 Å². The number of hydrogen-bond acceptors (Lipinski definition) is 6. The standard InChI is InChI=1S/C18H22ClFN4O3S/c1-10(16(21)15(20)11-5-3-4-6-11)18-22-17(23-27-18)13-8-7-12(9-14(13)19)24-28(2,25)26/h7-10,16,24H,3-6,21H2,1-2H3/t10?,16-/m0/s1. The second kappa shape index (κ2) is 8.18. The molecule has 1 aromatic heterocycles. The maximum atomic E-state index is 14.6. The quantitative estimate of drug-likeness (QED) is 0.719. The van der Waals surface area contributed by atoms with Gasteiger partial charge in [-0.3, -0.25) is 4.72 Å². The van der Waals surface area contributed by atoms with Gasteiger partial charge < -0.3 is 10.3 Å². The molecule has 10 heteroatoms. The fourth-order valence-corrected chi connectivity index (χ4v) is 3.97. The van der Waals surface area contributed by atoms with Crippen molar-refractivity contribution in [2.24, 2.45) is 5.73 Å². The van der Waals surface area contributed by atoms with Crippen molar-refractivity contribution in [2.75, 3.05) is 11.0 Å². The summed E-state index contributed by atoms with van der Waals surface area (Å²) in [5.74, 6) is -0.359. The minimum atomic E-state index is -3.42. The van der Waals surface area contributed by atoms with Crippen LogP contribution in [-0.2, 0) is 10.0 Å². The Morgan fingerprint density at radius 1 is 1.36 bits per heavy atom. The van der Waals surface area contributed by atoms with E-state index >= 15 is 0 Å². The number of hydrogen-bond donors (Lipinski definition) is 2. The van der Waals surface area contributed by atoms with Gasteiger partial charge in [-0.05, 0) is 49.5 Å². The lowest BCUT2D eigenvalue weighted by molar-refractivity contribution is 0.338. The third-order valence-corrected chi connectivity index (χ3v) is 5.64. The summed E-state index contributed by atoms with van der Waals surface area (Å²) >= 11 is 6.23. The van der Waals surface area contributed by atoms with Crippen LogP contribution in [0.1, 0.15) is 44.4 Å². The monoisotopic (exact) mass is 428 g/mol. The highest BCUT2D eigenvalue weighted by atomic mass is 35.5.